The number of nitrogens with one attached hydrogen (secondary N) is 1. The van der Waals surface area contributed by atoms with E-state index in [2.05, 4.69) is 70.1 Å². The van der Waals surface area contributed by atoms with Gasteiger partial charge in [-0.25, -0.2) is 0 Å². The molecule has 0 bridgehead atoms. The van der Waals surface area contributed by atoms with Crippen molar-refractivity contribution in [2.75, 3.05) is 6.54 Å². The summed E-state index contributed by atoms with van der Waals surface area (Å²) in [6, 6.07) is 4.77. The summed E-state index contributed by atoms with van der Waals surface area (Å²) >= 11 is 7.41. The van der Waals surface area contributed by atoms with Crippen LogP contribution in [0.4, 0.5) is 0 Å². The Labute approximate surface area is 121 Å². The first-order valence-corrected chi connectivity index (χ1v) is 7.77. The van der Waals surface area contributed by atoms with E-state index in [1.54, 1.807) is 0 Å². The maximum absolute atomic E-state index is 3.70. The monoisotopic (exact) mass is 359 g/mol. The first kappa shape index (κ1) is 13.6. The van der Waals surface area contributed by atoms with Gasteiger partial charge in [0, 0.05) is 15.0 Å². The molecule has 0 amide bonds. The molecule has 1 aromatic rings. The number of fused-ring (bicyclic) bond motifs is 1. The summed E-state index contributed by atoms with van der Waals surface area (Å²) in [5.74, 6) is 0. The molecule has 0 saturated heterocycles. The van der Waals surface area contributed by atoms with Gasteiger partial charge in [0.1, 0.15) is 0 Å². The van der Waals surface area contributed by atoms with Gasteiger partial charge in [-0.15, -0.1) is 0 Å². The Morgan fingerprint density at radius 3 is 2.59 bits per heavy atom. The number of benzene rings is 1. The van der Waals surface area contributed by atoms with Gasteiger partial charge in [-0.2, -0.15) is 0 Å². The van der Waals surface area contributed by atoms with Crippen molar-refractivity contribution < 1.29 is 0 Å². The molecule has 3 heteroatoms. The third kappa shape index (κ3) is 2.47. The molecular formula is C14H19Br2N. The van der Waals surface area contributed by atoms with Crippen LogP contribution in [0.15, 0.2) is 21.1 Å². The molecule has 0 radical (unpaired) electrons. The zero-order valence-corrected chi connectivity index (χ0v) is 13.8. The summed E-state index contributed by atoms with van der Waals surface area (Å²) in [7, 11) is 0. The fourth-order valence-electron chi connectivity index (χ4n) is 2.80. The van der Waals surface area contributed by atoms with E-state index in [0.717, 1.165) is 6.54 Å². The Hall–Kier alpha value is 0.140. The van der Waals surface area contributed by atoms with Crippen LogP contribution in [0.1, 0.15) is 50.8 Å². The third-order valence-electron chi connectivity index (χ3n) is 3.52. The zero-order chi connectivity index (χ0) is 12.6. The smallest absolute Gasteiger partial charge is 0.0343 e. The molecule has 0 fully saturated rings. The van der Waals surface area contributed by atoms with Crippen LogP contribution >= 0.6 is 31.9 Å². The fourth-order valence-corrected chi connectivity index (χ4v) is 4.29. The van der Waals surface area contributed by atoms with E-state index in [9.17, 15) is 0 Å². The second-order valence-electron chi connectivity index (χ2n) is 5.41. The summed E-state index contributed by atoms with van der Waals surface area (Å²) in [5.41, 5.74) is 3.14. The summed E-state index contributed by atoms with van der Waals surface area (Å²) in [6.45, 7) is 7.95. The quantitative estimate of drug-likeness (QED) is 0.805. The molecule has 0 aliphatic heterocycles. The van der Waals surface area contributed by atoms with Crippen molar-refractivity contribution in [2.24, 2.45) is 0 Å². The molecule has 2 rings (SSSR count). The molecule has 0 saturated carbocycles. The summed E-state index contributed by atoms with van der Waals surface area (Å²) in [6.07, 6.45) is 2.35. The molecule has 17 heavy (non-hydrogen) atoms. The third-order valence-corrected chi connectivity index (χ3v) is 4.87. The average molecular weight is 361 g/mol. The largest absolute Gasteiger partial charge is 0.310 e. The Morgan fingerprint density at radius 1 is 1.29 bits per heavy atom. The topological polar surface area (TPSA) is 12.0 Å². The van der Waals surface area contributed by atoms with Crippen LogP contribution in [0.5, 0.6) is 0 Å². The van der Waals surface area contributed by atoms with Gasteiger partial charge in [0.2, 0.25) is 0 Å². The fraction of sp³-hybridized carbons (Fsp3) is 0.571. The second kappa shape index (κ2) is 5.02. The van der Waals surface area contributed by atoms with Crippen LogP contribution < -0.4 is 5.32 Å². The number of rotatable bonds is 3. The highest BCUT2D eigenvalue weighted by Crippen LogP contribution is 2.50. The van der Waals surface area contributed by atoms with Gasteiger partial charge in [-0.1, -0.05) is 52.6 Å². The average Bonchev–Trinajstić information content (AvgIpc) is 2.54. The maximum Gasteiger partial charge on any atom is 0.0343 e. The van der Waals surface area contributed by atoms with Gasteiger partial charge in [0.25, 0.3) is 0 Å². The Bertz CT molecular complexity index is 426. The van der Waals surface area contributed by atoms with Crippen molar-refractivity contribution >= 4 is 31.9 Å². The minimum Gasteiger partial charge on any atom is -0.310 e. The SMILES string of the molecule is CCCNC1CC(C)(C)c2c(Br)ccc(Br)c21. The molecule has 1 N–H and O–H groups in total. The van der Waals surface area contributed by atoms with Gasteiger partial charge in [-0.05, 0) is 48.1 Å². The first-order chi connectivity index (χ1) is 7.97. The summed E-state index contributed by atoms with van der Waals surface area (Å²) in [4.78, 5) is 0. The van der Waals surface area contributed by atoms with Crippen molar-refractivity contribution in [1.29, 1.82) is 0 Å². The first-order valence-electron chi connectivity index (χ1n) is 6.19. The molecule has 1 aliphatic rings. The zero-order valence-electron chi connectivity index (χ0n) is 10.6. The molecule has 0 spiro atoms. The van der Waals surface area contributed by atoms with Crippen molar-refractivity contribution in [3.8, 4) is 0 Å². The van der Waals surface area contributed by atoms with E-state index in [1.807, 2.05) is 0 Å². The van der Waals surface area contributed by atoms with Crippen LogP contribution in [0.3, 0.4) is 0 Å². The van der Waals surface area contributed by atoms with Crippen LogP contribution in [-0.4, -0.2) is 6.54 Å². The number of halogens is 2. The van der Waals surface area contributed by atoms with E-state index >= 15 is 0 Å². The minimum absolute atomic E-state index is 0.239. The predicted octanol–water partition coefficient (Wildman–Crippen LogP) is 4.93. The molecule has 0 aromatic heterocycles. The van der Waals surface area contributed by atoms with Gasteiger partial charge in [0.15, 0.2) is 0 Å². The Kier molecular flexibility index (Phi) is 4.01. The van der Waals surface area contributed by atoms with Gasteiger partial charge in [0.05, 0.1) is 0 Å². The standard InChI is InChI=1S/C14H19Br2N/c1-4-7-17-11-8-14(2,3)13-10(16)6-5-9(15)12(11)13/h5-6,11,17H,4,7-8H2,1-3H3. The molecule has 1 atom stereocenters. The van der Waals surface area contributed by atoms with Gasteiger partial charge >= 0.3 is 0 Å². The van der Waals surface area contributed by atoms with Crippen LogP contribution in [0.2, 0.25) is 0 Å². The van der Waals surface area contributed by atoms with E-state index in [1.165, 1.54) is 32.9 Å². The lowest BCUT2D eigenvalue weighted by Crippen LogP contribution is -2.22. The van der Waals surface area contributed by atoms with Crippen molar-refractivity contribution in [3.05, 3.63) is 32.2 Å². The summed E-state index contributed by atoms with van der Waals surface area (Å²) < 4.78 is 2.47. The molecule has 1 aliphatic carbocycles. The van der Waals surface area contributed by atoms with Crippen molar-refractivity contribution in [2.45, 2.75) is 45.1 Å². The lowest BCUT2D eigenvalue weighted by molar-refractivity contribution is 0.426. The minimum atomic E-state index is 0.239. The lowest BCUT2D eigenvalue weighted by Gasteiger charge is -2.20. The lowest BCUT2D eigenvalue weighted by atomic mass is 9.86. The van der Waals surface area contributed by atoms with Gasteiger partial charge in [-0.3, -0.25) is 0 Å². The van der Waals surface area contributed by atoms with E-state index < -0.39 is 0 Å². The highest BCUT2D eigenvalue weighted by molar-refractivity contribution is 9.11. The second-order valence-corrected chi connectivity index (χ2v) is 7.12. The Morgan fingerprint density at radius 2 is 1.94 bits per heavy atom. The van der Waals surface area contributed by atoms with E-state index in [0.29, 0.717) is 6.04 Å². The highest BCUT2D eigenvalue weighted by atomic mass is 79.9. The molecule has 0 heterocycles. The predicted molar refractivity (Wildman–Crippen MR) is 80.5 cm³/mol. The molecule has 94 valence electrons. The Balaban J connectivity index is 2.45. The maximum atomic E-state index is 3.70. The van der Waals surface area contributed by atoms with Crippen LogP contribution in [0.25, 0.3) is 0 Å². The normalized spacial score (nSPS) is 21.6. The van der Waals surface area contributed by atoms with Crippen molar-refractivity contribution in [1.82, 2.24) is 5.32 Å². The molecule has 1 unspecified atom stereocenters. The van der Waals surface area contributed by atoms with Crippen LogP contribution in [-0.2, 0) is 5.41 Å². The number of hydrogen-bond acceptors (Lipinski definition) is 1. The highest BCUT2D eigenvalue weighted by Gasteiger charge is 2.39. The molecular weight excluding hydrogens is 342 g/mol. The van der Waals surface area contributed by atoms with E-state index in [4.69, 9.17) is 0 Å². The van der Waals surface area contributed by atoms with Gasteiger partial charge < -0.3 is 5.32 Å². The van der Waals surface area contributed by atoms with E-state index in [-0.39, 0.29) is 5.41 Å². The molecule has 1 aromatic carbocycles. The summed E-state index contributed by atoms with van der Waals surface area (Å²) in [5, 5.41) is 3.66. The van der Waals surface area contributed by atoms with Crippen molar-refractivity contribution in [3.63, 3.8) is 0 Å². The molecule has 1 nitrogen and oxygen atoms in total. The van der Waals surface area contributed by atoms with Crippen LogP contribution in [0, 0.1) is 0 Å². The number of hydrogen-bond donors (Lipinski definition) is 1.